The Morgan fingerprint density at radius 3 is 2.65 bits per heavy atom. The van der Waals surface area contributed by atoms with Crippen LogP contribution in [-0.2, 0) is 18.3 Å². The maximum Gasteiger partial charge on any atom is 0.410 e. The number of fused-ring (bicyclic) bond motifs is 1. The number of ether oxygens (including phenoxy) is 1. The summed E-state index contributed by atoms with van der Waals surface area (Å²) in [5.74, 6) is 0. The van der Waals surface area contributed by atoms with Gasteiger partial charge in [-0.2, -0.15) is 0 Å². The quantitative estimate of drug-likeness (QED) is 0.801. The summed E-state index contributed by atoms with van der Waals surface area (Å²) in [6.07, 6.45) is 1.21. The molecule has 124 valence electrons. The van der Waals surface area contributed by atoms with E-state index in [0.717, 1.165) is 15.4 Å². The average Bonchev–Trinajstić information content (AvgIpc) is 2.42. The van der Waals surface area contributed by atoms with E-state index in [2.05, 4.69) is 20.9 Å². The van der Waals surface area contributed by atoms with Crippen LogP contribution in [0.2, 0.25) is 0 Å². The Balaban J connectivity index is 2.40. The minimum atomic E-state index is -0.565. The Hall–Kier alpha value is -1.89. The van der Waals surface area contributed by atoms with Gasteiger partial charge in [-0.3, -0.25) is 9.36 Å². The molecule has 23 heavy (non-hydrogen) atoms. The number of nitrogens with zero attached hydrogens (tertiary/aromatic N) is 3. The summed E-state index contributed by atoms with van der Waals surface area (Å²) < 4.78 is 7.64. The molecule has 2 aromatic heterocycles. The van der Waals surface area contributed by atoms with E-state index in [1.54, 1.807) is 20.3 Å². The zero-order valence-corrected chi connectivity index (χ0v) is 15.5. The SMILES string of the molecule is CN(Cc1cc(=O)n(C)c2ncc(Br)cc12)C(=O)OC(C)(C)C. The van der Waals surface area contributed by atoms with Gasteiger partial charge in [0.15, 0.2) is 0 Å². The highest BCUT2D eigenvalue weighted by Gasteiger charge is 2.20. The fraction of sp³-hybridized carbons (Fsp3) is 0.438. The van der Waals surface area contributed by atoms with Crippen LogP contribution < -0.4 is 5.56 Å². The van der Waals surface area contributed by atoms with Crippen LogP contribution in [-0.4, -0.2) is 33.2 Å². The van der Waals surface area contributed by atoms with Crippen LogP contribution in [0.4, 0.5) is 4.79 Å². The number of hydrogen-bond acceptors (Lipinski definition) is 4. The number of amides is 1. The summed E-state index contributed by atoms with van der Waals surface area (Å²) in [5.41, 5.74) is 0.573. The zero-order chi connectivity index (χ0) is 17.4. The fourth-order valence-electron chi connectivity index (χ4n) is 2.15. The molecule has 0 spiro atoms. The molecule has 0 aromatic carbocycles. The molecule has 0 aliphatic heterocycles. The van der Waals surface area contributed by atoms with Gasteiger partial charge in [0.25, 0.3) is 5.56 Å². The van der Waals surface area contributed by atoms with Crippen molar-refractivity contribution in [1.29, 1.82) is 0 Å². The minimum absolute atomic E-state index is 0.167. The van der Waals surface area contributed by atoms with Gasteiger partial charge < -0.3 is 9.64 Å². The standard InChI is InChI=1S/C16H20BrN3O3/c1-16(2,3)23-15(22)19(4)9-10-6-13(21)20(5)14-12(10)7-11(17)8-18-14/h6-8H,9H2,1-5H3. The Kier molecular flexibility index (Phi) is 4.79. The molecule has 1 amide bonds. The molecule has 0 fully saturated rings. The average molecular weight is 382 g/mol. The van der Waals surface area contributed by atoms with Crippen LogP contribution in [0.1, 0.15) is 26.3 Å². The molecule has 7 heteroatoms. The number of hydrogen-bond donors (Lipinski definition) is 0. The molecule has 2 rings (SSSR count). The van der Waals surface area contributed by atoms with Gasteiger partial charge in [-0.1, -0.05) is 0 Å². The van der Waals surface area contributed by atoms with Gasteiger partial charge in [-0.25, -0.2) is 9.78 Å². The van der Waals surface area contributed by atoms with Gasteiger partial charge >= 0.3 is 6.09 Å². The van der Waals surface area contributed by atoms with E-state index >= 15 is 0 Å². The first-order chi connectivity index (χ1) is 10.6. The second-order valence-electron chi connectivity index (χ2n) is 6.43. The van der Waals surface area contributed by atoms with Crippen molar-refractivity contribution in [3.05, 3.63) is 38.7 Å². The van der Waals surface area contributed by atoms with Crippen molar-refractivity contribution >= 4 is 33.1 Å². The first-order valence-corrected chi connectivity index (χ1v) is 7.96. The van der Waals surface area contributed by atoms with Crippen molar-refractivity contribution in [3.8, 4) is 0 Å². The first kappa shape index (κ1) is 17.5. The summed E-state index contributed by atoms with van der Waals surface area (Å²) in [4.78, 5) is 29.9. The fourth-order valence-corrected chi connectivity index (χ4v) is 2.49. The molecule has 2 aromatic rings. The number of carbonyl (C=O) groups is 1. The molecule has 0 bridgehead atoms. The number of aromatic nitrogens is 2. The van der Waals surface area contributed by atoms with Gasteiger partial charge in [-0.05, 0) is 48.3 Å². The number of pyridine rings is 2. The third kappa shape index (κ3) is 4.10. The molecule has 0 saturated heterocycles. The summed E-state index contributed by atoms with van der Waals surface area (Å²) in [7, 11) is 3.32. The van der Waals surface area contributed by atoms with Gasteiger partial charge in [-0.15, -0.1) is 0 Å². The van der Waals surface area contributed by atoms with Crippen LogP contribution in [0.15, 0.2) is 27.6 Å². The van der Waals surface area contributed by atoms with Gasteiger partial charge in [0.1, 0.15) is 11.2 Å². The molecule has 0 aliphatic carbocycles. The first-order valence-electron chi connectivity index (χ1n) is 7.17. The van der Waals surface area contributed by atoms with Gasteiger partial charge in [0, 0.05) is 42.8 Å². The van der Waals surface area contributed by atoms with E-state index in [-0.39, 0.29) is 12.1 Å². The maximum atomic E-state index is 12.1. The minimum Gasteiger partial charge on any atom is -0.444 e. The highest BCUT2D eigenvalue weighted by Crippen LogP contribution is 2.21. The monoisotopic (exact) mass is 381 g/mol. The lowest BCUT2D eigenvalue weighted by molar-refractivity contribution is 0.0285. The lowest BCUT2D eigenvalue weighted by Crippen LogP contribution is -2.34. The highest BCUT2D eigenvalue weighted by molar-refractivity contribution is 9.10. The predicted molar refractivity (Wildman–Crippen MR) is 92.4 cm³/mol. The van der Waals surface area contributed by atoms with Crippen LogP contribution in [0, 0.1) is 0 Å². The Morgan fingerprint density at radius 2 is 2.04 bits per heavy atom. The molecule has 0 N–H and O–H groups in total. The predicted octanol–water partition coefficient (Wildman–Crippen LogP) is 3.06. The number of halogens is 1. The van der Waals surface area contributed by atoms with E-state index in [0.29, 0.717) is 5.65 Å². The number of aryl methyl sites for hydroxylation is 1. The van der Waals surface area contributed by atoms with Crippen LogP contribution >= 0.6 is 15.9 Å². The second kappa shape index (κ2) is 6.31. The van der Waals surface area contributed by atoms with Crippen LogP contribution in [0.5, 0.6) is 0 Å². The zero-order valence-electron chi connectivity index (χ0n) is 13.9. The van der Waals surface area contributed by atoms with Crippen molar-refractivity contribution in [2.45, 2.75) is 32.9 Å². The molecule has 6 nitrogen and oxygen atoms in total. The molecule has 0 unspecified atom stereocenters. The maximum absolute atomic E-state index is 12.1. The van der Waals surface area contributed by atoms with Crippen LogP contribution in [0.3, 0.4) is 0 Å². The Morgan fingerprint density at radius 1 is 1.39 bits per heavy atom. The highest BCUT2D eigenvalue weighted by atomic mass is 79.9. The van der Waals surface area contributed by atoms with E-state index in [1.165, 1.54) is 15.5 Å². The van der Waals surface area contributed by atoms with E-state index in [1.807, 2.05) is 26.8 Å². The van der Waals surface area contributed by atoms with Crippen molar-refractivity contribution in [3.63, 3.8) is 0 Å². The van der Waals surface area contributed by atoms with Crippen molar-refractivity contribution in [1.82, 2.24) is 14.5 Å². The number of carbonyl (C=O) groups excluding carboxylic acids is 1. The summed E-state index contributed by atoms with van der Waals surface area (Å²) in [5, 5.41) is 0.817. The molecular formula is C16H20BrN3O3. The topological polar surface area (TPSA) is 64.4 Å². The lowest BCUT2D eigenvalue weighted by atomic mass is 10.1. The van der Waals surface area contributed by atoms with E-state index in [9.17, 15) is 9.59 Å². The Bertz CT molecular complexity index is 809. The largest absolute Gasteiger partial charge is 0.444 e. The summed E-state index contributed by atoms with van der Waals surface area (Å²) in [6, 6.07) is 3.41. The van der Waals surface area contributed by atoms with E-state index in [4.69, 9.17) is 4.74 Å². The number of rotatable bonds is 2. The molecule has 0 radical (unpaired) electrons. The van der Waals surface area contributed by atoms with Gasteiger partial charge in [0.2, 0.25) is 0 Å². The van der Waals surface area contributed by atoms with Crippen molar-refractivity contribution < 1.29 is 9.53 Å². The van der Waals surface area contributed by atoms with E-state index < -0.39 is 11.7 Å². The molecular weight excluding hydrogens is 362 g/mol. The van der Waals surface area contributed by atoms with Crippen LogP contribution in [0.25, 0.3) is 11.0 Å². The molecule has 0 saturated carbocycles. The smallest absolute Gasteiger partial charge is 0.410 e. The normalized spacial score (nSPS) is 11.6. The summed E-state index contributed by atoms with van der Waals surface area (Å²) in [6.45, 7) is 5.70. The van der Waals surface area contributed by atoms with Crippen molar-refractivity contribution in [2.24, 2.45) is 7.05 Å². The third-order valence-electron chi connectivity index (χ3n) is 3.24. The third-order valence-corrected chi connectivity index (χ3v) is 3.67. The van der Waals surface area contributed by atoms with Crippen molar-refractivity contribution in [2.75, 3.05) is 7.05 Å². The molecule has 0 aliphatic rings. The molecule has 2 heterocycles. The Labute approximate surface area is 143 Å². The lowest BCUT2D eigenvalue weighted by Gasteiger charge is -2.25. The summed E-state index contributed by atoms with van der Waals surface area (Å²) >= 11 is 3.39. The molecule has 0 atom stereocenters. The second-order valence-corrected chi connectivity index (χ2v) is 7.34. The van der Waals surface area contributed by atoms with Gasteiger partial charge in [0.05, 0.1) is 0 Å².